The number of amides is 1. The number of aromatic amines is 1. The molecule has 8 heteroatoms. The molecule has 1 fully saturated rings. The van der Waals surface area contributed by atoms with E-state index in [4.69, 9.17) is 16.6 Å². The Morgan fingerprint density at radius 2 is 2.38 bits per heavy atom. The van der Waals surface area contributed by atoms with Gasteiger partial charge in [0.25, 0.3) is 5.91 Å². The van der Waals surface area contributed by atoms with Crippen molar-refractivity contribution < 1.29 is 9.21 Å². The van der Waals surface area contributed by atoms with E-state index in [1.165, 1.54) is 0 Å². The third-order valence-electron chi connectivity index (χ3n) is 3.82. The highest BCUT2D eigenvalue weighted by Gasteiger charge is 2.45. The van der Waals surface area contributed by atoms with E-state index in [2.05, 4.69) is 9.97 Å². The number of rotatable bonds is 2. The third kappa shape index (κ3) is 2.18. The van der Waals surface area contributed by atoms with Crippen LogP contribution in [0.15, 0.2) is 29.1 Å². The van der Waals surface area contributed by atoms with Crippen LogP contribution in [0.3, 0.4) is 0 Å². The van der Waals surface area contributed by atoms with Crippen molar-refractivity contribution >= 4 is 40.2 Å². The van der Waals surface area contributed by atoms with Crippen LogP contribution in [0.4, 0.5) is 0 Å². The van der Waals surface area contributed by atoms with Gasteiger partial charge in [0.15, 0.2) is 5.11 Å². The second kappa shape index (κ2) is 5.27. The number of fused-ring (bicyclic) bond motifs is 2. The largest absolute Gasteiger partial charge is 0.467 e. The molecule has 4 heterocycles. The number of imidazole rings is 1. The van der Waals surface area contributed by atoms with Crippen molar-refractivity contribution in [1.29, 1.82) is 0 Å². The van der Waals surface area contributed by atoms with Crippen LogP contribution in [0.1, 0.15) is 17.1 Å². The lowest BCUT2D eigenvalue weighted by Gasteiger charge is -2.27. The first-order chi connectivity index (χ1) is 9.74. The Labute approximate surface area is 136 Å². The molecule has 1 saturated heterocycles. The summed E-state index contributed by atoms with van der Waals surface area (Å²) >= 11 is 5.45. The molecule has 0 radical (unpaired) electrons. The SMILES string of the molecule is Br.O=C1C2Cc3nc[nH]c3CN2C(=S)N1Cc1ccco1. The monoisotopic (exact) mass is 368 g/mol. The molecular formula is C13H13BrN4O2S. The predicted molar refractivity (Wildman–Crippen MR) is 83.8 cm³/mol. The zero-order valence-corrected chi connectivity index (χ0v) is 13.5. The summed E-state index contributed by atoms with van der Waals surface area (Å²) in [6, 6.07) is 3.42. The lowest BCUT2D eigenvalue weighted by atomic mass is 10.0. The topological polar surface area (TPSA) is 65.4 Å². The number of carbonyl (C=O) groups excluding carboxylic acids is 1. The van der Waals surface area contributed by atoms with E-state index in [-0.39, 0.29) is 28.9 Å². The number of hydrogen-bond donors (Lipinski definition) is 1. The number of thiocarbonyl (C=S) groups is 1. The van der Waals surface area contributed by atoms with Crippen LogP contribution in [-0.2, 0) is 24.3 Å². The van der Waals surface area contributed by atoms with Crippen LogP contribution >= 0.6 is 29.2 Å². The molecule has 0 saturated carbocycles. The van der Waals surface area contributed by atoms with E-state index in [1.54, 1.807) is 23.6 Å². The highest BCUT2D eigenvalue weighted by atomic mass is 79.9. The maximum atomic E-state index is 12.5. The average molecular weight is 369 g/mol. The number of halogens is 1. The molecule has 0 bridgehead atoms. The normalized spacial score (nSPS) is 20.3. The molecule has 2 aromatic rings. The molecule has 6 nitrogen and oxygen atoms in total. The quantitative estimate of drug-likeness (QED) is 0.816. The summed E-state index contributed by atoms with van der Waals surface area (Å²) in [6.45, 7) is 0.998. The van der Waals surface area contributed by atoms with Gasteiger partial charge in [0, 0.05) is 6.42 Å². The first kappa shape index (κ1) is 14.3. The first-order valence-corrected chi connectivity index (χ1v) is 6.80. The van der Waals surface area contributed by atoms with Crippen molar-refractivity contribution in [3.63, 3.8) is 0 Å². The van der Waals surface area contributed by atoms with Crippen LogP contribution < -0.4 is 0 Å². The van der Waals surface area contributed by atoms with Crippen molar-refractivity contribution in [1.82, 2.24) is 19.8 Å². The summed E-state index contributed by atoms with van der Waals surface area (Å²) in [5.41, 5.74) is 2.00. The van der Waals surface area contributed by atoms with Gasteiger partial charge in [0.2, 0.25) is 0 Å². The molecule has 21 heavy (non-hydrogen) atoms. The Balaban J connectivity index is 0.00000132. The minimum absolute atomic E-state index is 0. The van der Waals surface area contributed by atoms with Gasteiger partial charge in [-0.15, -0.1) is 17.0 Å². The van der Waals surface area contributed by atoms with Gasteiger partial charge >= 0.3 is 0 Å². The minimum Gasteiger partial charge on any atom is -0.467 e. The third-order valence-corrected chi connectivity index (χ3v) is 4.28. The van der Waals surface area contributed by atoms with E-state index >= 15 is 0 Å². The van der Waals surface area contributed by atoms with Crippen LogP contribution in [0, 0.1) is 0 Å². The smallest absolute Gasteiger partial charge is 0.252 e. The molecule has 2 aliphatic heterocycles. The number of H-pyrrole nitrogens is 1. The summed E-state index contributed by atoms with van der Waals surface area (Å²) in [7, 11) is 0. The van der Waals surface area contributed by atoms with E-state index in [0.29, 0.717) is 24.6 Å². The highest BCUT2D eigenvalue weighted by Crippen LogP contribution is 2.29. The highest BCUT2D eigenvalue weighted by molar-refractivity contribution is 8.93. The van der Waals surface area contributed by atoms with E-state index < -0.39 is 0 Å². The lowest BCUT2D eigenvalue weighted by molar-refractivity contribution is -0.128. The van der Waals surface area contributed by atoms with Gasteiger partial charge < -0.3 is 14.3 Å². The average Bonchev–Trinajstić information content (AvgIpc) is 3.15. The molecule has 1 amide bonds. The van der Waals surface area contributed by atoms with Gasteiger partial charge in [-0.05, 0) is 24.4 Å². The minimum atomic E-state index is -0.228. The van der Waals surface area contributed by atoms with Gasteiger partial charge in [-0.25, -0.2) is 4.98 Å². The summed E-state index contributed by atoms with van der Waals surface area (Å²) in [4.78, 5) is 23.5. The van der Waals surface area contributed by atoms with Gasteiger partial charge in [-0.2, -0.15) is 0 Å². The zero-order valence-electron chi connectivity index (χ0n) is 11.0. The van der Waals surface area contributed by atoms with Crippen LogP contribution in [0.5, 0.6) is 0 Å². The van der Waals surface area contributed by atoms with Gasteiger partial charge in [0.1, 0.15) is 11.8 Å². The van der Waals surface area contributed by atoms with Crippen LogP contribution in [0.2, 0.25) is 0 Å². The molecule has 2 aliphatic rings. The molecule has 0 spiro atoms. The number of hydrogen-bond acceptors (Lipinski definition) is 4. The Kier molecular flexibility index (Phi) is 3.58. The molecule has 0 aliphatic carbocycles. The molecule has 110 valence electrons. The Hall–Kier alpha value is -1.67. The van der Waals surface area contributed by atoms with Crippen LogP contribution in [-0.4, -0.2) is 36.8 Å². The lowest BCUT2D eigenvalue weighted by Crippen LogP contribution is -2.40. The molecule has 1 atom stereocenters. The summed E-state index contributed by atoms with van der Waals surface area (Å²) < 4.78 is 5.30. The molecule has 4 rings (SSSR count). The summed E-state index contributed by atoms with van der Waals surface area (Å²) in [5, 5.41) is 0.566. The molecule has 0 aromatic carbocycles. The van der Waals surface area contributed by atoms with Gasteiger partial charge in [-0.3, -0.25) is 9.69 Å². The number of nitrogens with zero attached hydrogens (tertiary/aromatic N) is 3. The van der Waals surface area contributed by atoms with Crippen molar-refractivity contribution in [3.05, 3.63) is 41.9 Å². The van der Waals surface area contributed by atoms with Crippen molar-refractivity contribution in [2.24, 2.45) is 0 Å². The maximum absolute atomic E-state index is 12.5. The van der Waals surface area contributed by atoms with E-state index in [1.807, 2.05) is 11.0 Å². The van der Waals surface area contributed by atoms with Gasteiger partial charge in [0.05, 0.1) is 37.1 Å². The second-order valence-corrected chi connectivity index (χ2v) is 5.33. The number of nitrogens with one attached hydrogen (secondary N) is 1. The summed E-state index contributed by atoms with van der Waals surface area (Å²) in [5.74, 6) is 0.761. The van der Waals surface area contributed by atoms with E-state index in [0.717, 1.165) is 17.1 Å². The standard InChI is InChI=1S/C13H12N4O2S.BrH/c18-12-11-4-9-10(15-7-14-9)6-16(11)13(20)17(12)5-8-2-1-3-19-8;/h1-3,7,11H,4-6H2,(H,14,15);1H. The fourth-order valence-electron chi connectivity index (χ4n) is 2.79. The van der Waals surface area contributed by atoms with Crippen molar-refractivity contribution in [3.8, 4) is 0 Å². The van der Waals surface area contributed by atoms with Crippen molar-refractivity contribution in [2.45, 2.75) is 25.6 Å². The summed E-state index contributed by atoms with van der Waals surface area (Å²) in [6.07, 6.45) is 3.87. The molecule has 1 unspecified atom stereocenters. The Morgan fingerprint density at radius 3 is 3.14 bits per heavy atom. The Bertz CT molecular complexity index is 646. The first-order valence-electron chi connectivity index (χ1n) is 6.39. The second-order valence-electron chi connectivity index (χ2n) is 4.96. The Morgan fingerprint density at radius 1 is 1.52 bits per heavy atom. The number of furan rings is 1. The van der Waals surface area contributed by atoms with Crippen LogP contribution in [0.25, 0.3) is 0 Å². The zero-order chi connectivity index (χ0) is 13.7. The maximum Gasteiger partial charge on any atom is 0.252 e. The number of aromatic nitrogens is 2. The molecular weight excluding hydrogens is 356 g/mol. The van der Waals surface area contributed by atoms with E-state index in [9.17, 15) is 4.79 Å². The fraction of sp³-hybridized carbons (Fsp3) is 0.308. The fourth-order valence-corrected chi connectivity index (χ4v) is 3.14. The molecule has 2 aromatic heterocycles. The predicted octanol–water partition coefficient (Wildman–Crippen LogP) is 1.63. The molecule has 1 N–H and O–H groups in total. The van der Waals surface area contributed by atoms with Crippen molar-refractivity contribution in [2.75, 3.05) is 0 Å². The number of carbonyl (C=O) groups is 1. The van der Waals surface area contributed by atoms with Gasteiger partial charge in [-0.1, -0.05) is 0 Å².